The Labute approximate surface area is 123 Å². The van der Waals surface area contributed by atoms with Gasteiger partial charge >= 0.3 is 0 Å². The summed E-state index contributed by atoms with van der Waals surface area (Å²) in [7, 11) is 5.03. The maximum Gasteiger partial charge on any atom is 0.250 e. The minimum atomic E-state index is -0.460. The van der Waals surface area contributed by atoms with Crippen LogP contribution in [0.1, 0.15) is 10.4 Å². The highest BCUT2D eigenvalue weighted by Crippen LogP contribution is 2.34. The van der Waals surface area contributed by atoms with Crippen molar-refractivity contribution in [3.63, 3.8) is 0 Å². The average Bonchev–Trinajstić information content (AvgIpc) is 2.53. The van der Waals surface area contributed by atoms with Crippen LogP contribution in [-0.4, -0.2) is 27.2 Å². The molecule has 2 aromatic carbocycles. The van der Waals surface area contributed by atoms with Crippen molar-refractivity contribution in [3.05, 3.63) is 48.0 Å². The molecule has 0 fully saturated rings. The zero-order chi connectivity index (χ0) is 15.4. The van der Waals surface area contributed by atoms with Crippen molar-refractivity contribution in [1.29, 1.82) is 0 Å². The Hall–Kier alpha value is -2.69. The van der Waals surface area contributed by atoms with Gasteiger partial charge in [-0.3, -0.25) is 4.79 Å². The van der Waals surface area contributed by atoms with E-state index in [1.54, 1.807) is 26.4 Å². The van der Waals surface area contributed by atoms with Gasteiger partial charge in [0.25, 0.3) is 5.91 Å². The Morgan fingerprint density at radius 2 is 1.71 bits per heavy atom. The number of nitrogens with two attached hydrogens (primary N) is 1. The SMILES string of the molecule is COc1ccc(N(C)c2ccccc2C(N)=O)cc1OC. The average molecular weight is 286 g/mol. The second-order valence-corrected chi connectivity index (χ2v) is 4.48. The van der Waals surface area contributed by atoms with Crippen molar-refractivity contribution >= 4 is 17.3 Å². The summed E-state index contributed by atoms with van der Waals surface area (Å²) in [6.07, 6.45) is 0. The molecule has 0 heterocycles. The van der Waals surface area contributed by atoms with Crippen LogP contribution in [0.25, 0.3) is 0 Å². The van der Waals surface area contributed by atoms with Gasteiger partial charge in [-0.15, -0.1) is 0 Å². The molecule has 5 nitrogen and oxygen atoms in total. The largest absolute Gasteiger partial charge is 0.493 e. The molecule has 5 heteroatoms. The molecule has 2 N–H and O–H groups in total. The highest BCUT2D eigenvalue weighted by Gasteiger charge is 2.14. The summed E-state index contributed by atoms with van der Waals surface area (Å²) < 4.78 is 10.5. The molecule has 2 aromatic rings. The number of nitrogens with zero attached hydrogens (tertiary/aromatic N) is 1. The molecule has 0 saturated carbocycles. The molecule has 110 valence electrons. The van der Waals surface area contributed by atoms with E-state index in [1.165, 1.54) is 0 Å². The fraction of sp³-hybridized carbons (Fsp3) is 0.188. The van der Waals surface area contributed by atoms with Crippen molar-refractivity contribution in [3.8, 4) is 11.5 Å². The summed E-state index contributed by atoms with van der Waals surface area (Å²) in [6.45, 7) is 0. The van der Waals surface area contributed by atoms with E-state index in [1.807, 2.05) is 42.3 Å². The summed E-state index contributed by atoms with van der Waals surface area (Å²) in [5, 5.41) is 0. The number of methoxy groups -OCH3 is 2. The highest BCUT2D eigenvalue weighted by molar-refractivity contribution is 5.99. The van der Waals surface area contributed by atoms with Crippen LogP contribution in [0.4, 0.5) is 11.4 Å². The Balaban J connectivity index is 2.45. The van der Waals surface area contributed by atoms with Gasteiger partial charge in [0.05, 0.1) is 25.5 Å². The first-order valence-corrected chi connectivity index (χ1v) is 6.43. The van der Waals surface area contributed by atoms with Crippen LogP contribution in [-0.2, 0) is 0 Å². The summed E-state index contributed by atoms with van der Waals surface area (Å²) in [5.41, 5.74) is 7.49. The zero-order valence-corrected chi connectivity index (χ0v) is 12.3. The summed E-state index contributed by atoms with van der Waals surface area (Å²) >= 11 is 0. The molecular formula is C16H18N2O3. The predicted octanol–water partition coefficient (Wildman–Crippen LogP) is 2.57. The Morgan fingerprint density at radius 1 is 1.05 bits per heavy atom. The molecule has 0 spiro atoms. The van der Waals surface area contributed by atoms with Gasteiger partial charge in [-0.25, -0.2) is 0 Å². The maximum atomic E-state index is 11.5. The van der Waals surface area contributed by atoms with E-state index in [-0.39, 0.29) is 0 Å². The lowest BCUT2D eigenvalue weighted by atomic mass is 10.1. The van der Waals surface area contributed by atoms with E-state index in [9.17, 15) is 4.79 Å². The quantitative estimate of drug-likeness (QED) is 0.917. The number of ether oxygens (including phenoxy) is 2. The topological polar surface area (TPSA) is 64.8 Å². The van der Waals surface area contributed by atoms with Crippen molar-refractivity contribution in [2.75, 3.05) is 26.2 Å². The van der Waals surface area contributed by atoms with Crippen LogP contribution < -0.4 is 20.1 Å². The highest BCUT2D eigenvalue weighted by atomic mass is 16.5. The molecule has 21 heavy (non-hydrogen) atoms. The smallest absolute Gasteiger partial charge is 0.250 e. The number of carbonyl (C=O) groups is 1. The first-order chi connectivity index (χ1) is 10.1. The van der Waals surface area contributed by atoms with Crippen molar-refractivity contribution in [1.82, 2.24) is 0 Å². The van der Waals surface area contributed by atoms with E-state index in [0.29, 0.717) is 17.1 Å². The fourth-order valence-electron chi connectivity index (χ4n) is 2.15. The van der Waals surface area contributed by atoms with Crippen molar-refractivity contribution < 1.29 is 14.3 Å². The number of hydrogen-bond donors (Lipinski definition) is 1. The number of rotatable bonds is 5. The first-order valence-electron chi connectivity index (χ1n) is 6.43. The minimum Gasteiger partial charge on any atom is -0.493 e. The van der Waals surface area contributed by atoms with Gasteiger partial charge in [-0.05, 0) is 24.3 Å². The van der Waals surface area contributed by atoms with Crippen LogP contribution in [0.2, 0.25) is 0 Å². The van der Waals surface area contributed by atoms with Gasteiger partial charge in [0.1, 0.15) is 0 Å². The minimum absolute atomic E-state index is 0.460. The molecule has 0 aliphatic heterocycles. The lowest BCUT2D eigenvalue weighted by Crippen LogP contribution is -2.18. The van der Waals surface area contributed by atoms with Crippen LogP contribution in [0.5, 0.6) is 11.5 Å². The number of para-hydroxylation sites is 1. The Morgan fingerprint density at radius 3 is 2.33 bits per heavy atom. The predicted molar refractivity (Wildman–Crippen MR) is 82.6 cm³/mol. The van der Waals surface area contributed by atoms with E-state index in [0.717, 1.165) is 11.4 Å². The van der Waals surface area contributed by atoms with Gasteiger partial charge in [0.2, 0.25) is 0 Å². The fourth-order valence-corrected chi connectivity index (χ4v) is 2.15. The van der Waals surface area contributed by atoms with Gasteiger partial charge in [-0.1, -0.05) is 12.1 Å². The molecule has 1 amide bonds. The standard InChI is InChI=1S/C16H18N2O3/c1-18(13-7-5-4-6-12(13)16(17)19)11-8-9-14(20-2)15(10-11)21-3/h4-10H,1-3H3,(H2,17,19). The monoisotopic (exact) mass is 286 g/mol. The van der Waals surface area contributed by atoms with E-state index in [2.05, 4.69) is 0 Å². The number of benzene rings is 2. The van der Waals surface area contributed by atoms with E-state index >= 15 is 0 Å². The third kappa shape index (κ3) is 2.91. The number of amides is 1. The second kappa shape index (κ2) is 6.17. The molecule has 0 aromatic heterocycles. The molecule has 0 saturated heterocycles. The molecule has 2 rings (SSSR count). The number of anilines is 2. The Kier molecular flexibility index (Phi) is 4.33. The summed E-state index contributed by atoms with van der Waals surface area (Å²) in [5.74, 6) is 0.814. The lowest BCUT2D eigenvalue weighted by molar-refractivity contribution is 0.100. The molecule has 0 aliphatic carbocycles. The van der Waals surface area contributed by atoms with Crippen LogP contribution in [0.3, 0.4) is 0 Å². The van der Waals surface area contributed by atoms with Gasteiger partial charge in [0, 0.05) is 18.8 Å². The van der Waals surface area contributed by atoms with Gasteiger partial charge in [0.15, 0.2) is 11.5 Å². The third-order valence-electron chi connectivity index (χ3n) is 3.29. The number of primary amides is 1. The normalized spacial score (nSPS) is 10.0. The maximum absolute atomic E-state index is 11.5. The second-order valence-electron chi connectivity index (χ2n) is 4.48. The summed E-state index contributed by atoms with van der Waals surface area (Å²) in [4.78, 5) is 13.4. The Bertz CT molecular complexity index is 656. The zero-order valence-electron chi connectivity index (χ0n) is 12.3. The van der Waals surface area contributed by atoms with Crippen molar-refractivity contribution in [2.45, 2.75) is 0 Å². The van der Waals surface area contributed by atoms with Gasteiger partial charge < -0.3 is 20.1 Å². The van der Waals surface area contributed by atoms with E-state index < -0.39 is 5.91 Å². The molecule has 0 unspecified atom stereocenters. The third-order valence-corrected chi connectivity index (χ3v) is 3.29. The van der Waals surface area contributed by atoms with Crippen LogP contribution >= 0.6 is 0 Å². The van der Waals surface area contributed by atoms with Crippen molar-refractivity contribution in [2.24, 2.45) is 5.73 Å². The summed E-state index contributed by atoms with van der Waals surface area (Å²) in [6, 6.07) is 12.7. The molecule has 0 aliphatic rings. The molecule has 0 bridgehead atoms. The number of carbonyl (C=O) groups excluding carboxylic acids is 1. The number of hydrogen-bond acceptors (Lipinski definition) is 4. The molecule has 0 radical (unpaired) electrons. The molecule has 0 atom stereocenters. The lowest BCUT2D eigenvalue weighted by Gasteiger charge is -2.22. The molecular weight excluding hydrogens is 268 g/mol. The van der Waals surface area contributed by atoms with Crippen LogP contribution in [0.15, 0.2) is 42.5 Å². The van der Waals surface area contributed by atoms with Gasteiger partial charge in [-0.2, -0.15) is 0 Å². The van der Waals surface area contributed by atoms with Crippen LogP contribution in [0, 0.1) is 0 Å². The first kappa shape index (κ1) is 14.7. The van der Waals surface area contributed by atoms with E-state index in [4.69, 9.17) is 15.2 Å².